The lowest BCUT2D eigenvalue weighted by Gasteiger charge is -2.35. The van der Waals surface area contributed by atoms with Crippen LogP contribution in [0.25, 0.3) is 0 Å². The molecule has 164 valence electrons. The number of hydrogen-bond acceptors (Lipinski definition) is 2. The van der Waals surface area contributed by atoms with Gasteiger partial charge in [0.1, 0.15) is 0 Å². The summed E-state index contributed by atoms with van der Waals surface area (Å²) in [5.74, 6) is 0. The van der Waals surface area contributed by atoms with E-state index in [9.17, 15) is 0 Å². The predicted molar refractivity (Wildman–Crippen MR) is 130 cm³/mol. The van der Waals surface area contributed by atoms with Gasteiger partial charge in [0, 0.05) is 12.1 Å². The van der Waals surface area contributed by atoms with Gasteiger partial charge in [-0.25, -0.2) is 0 Å². The van der Waals surface area contributed by atoms with E-state index in [2.05, 4.69) is 102 Å². The molecule has 2 N–H and O–H groups in total. The predicted octanol–water partition coefficient (Wildman–Crippen LogP) is 5.99. The van der Waals surface area contributed by atoms with Crippen LogP contribution in [-0.4, -0.2) is 13.1 Å². The maximum absolute atomic E-state index is 3.57. The molecule has 0 spiro atoms. The van der Waals surface area contributed by atoms with Gasteiger partial charge in [-0.15, -0.1) is 0 Å². The normalized spacial score (nSPS) is 18.0. The van der Waals surface area contributed by atoms with Crippen LogP contribution in [0.4, 0.5) is 0 Å². The molecule has 0 aromatic heterocycles. The third kappa shape index (κ3) is 5.34. The molecule has 30 heavy (non-hydrogen) atoms. The molecule has 4 rings (SSSR count). The Morgan fingerprint density at radius 2 is 1.27 bits per heavy atom. The van der Waals surface area contributed by atoms with Gasteiger partial charge in [0.2, 0.25) is 0 Å². The Morgan fingerprint density at radius 1 is 0.700 bits per heavy atom. The minimum Gasteiger partial charge on any atom is -0.312 e. The van der Waals surface area contributed by atoms with E-state index in [1.807, 2.05) is 0 Å². The summed E-state index contributed by atoms with van der Waals surface area (Å²) >= 11 is 0. The second-order valence-electron chi connectivity index (χ2n) is 11.6. The zero-order chi connectivity index (χ0) is 22.2. The molecule has 0 saturated carbocycles. The molecule has 2 aromatic carbocycles. The minimum atomic E-state index is 0.129. The second-order valence-corrected chi connectivity index (χ2v) is 11.6. The van der Waals surface area contributed by atoms with Crippen LogP contribution in [0, 0.1) is 0 Å². The van der Waals surface area contributed by atoms with Crippen molar-refractivity contribution in [3.05, 3.63) is 69.8 Å². The number of nitrogens with one attached hydrogen (secondary N) is 2. The fourth-order valence-electron chi connectivity index (χ4n) is 4.43. The van der Waals surface area contributed by atoms with Gasteiger partial charge in [-0.3, -0.25) is 0 Å². The Hall–Kier alpha value is -1.64. The van der Waals surface area contributed by atoms with Gasteiger partial charge in [-0.05, 0) is 84.0 Å². The summed E-state index contributed by atoms with van der Waals surface area (Å²) in [6, 6.07) is 13.9. The fourth-order valence-corrected chi connectivity index (χ4v) is 4.43. The van der Waals surface area contributed by atoms with Gasteiger partial charge in [0.25, 0.3) is 0 Å². The highest BCUT2D eigenvalue weighted by molar-refractivity contribution is 5.40. The lowest BCUT2D eigenvalue weighted by atomic mass is 9.80. The van der Waals surface area contributed by atoms with E-state index in [0.29, 0.717) is 0 Å². The molecule has 2 aromatic rings. The Balaban J connectivity index is 0.000000172. The third-order valence-corrected chi connectivity index (χ3v) is 6.56. The monoisotopic (exact) mass is 406 g/mol. The summed E-state index contributed by atoms with van der Waals surface area (Å²) in [7, 11) is 0. The first kappa shape index (κ1) is 23.0. The summed E-state index contributed by atoms with van der Waals surface area (Å²) in [4.78, 5) is 0. The number of benzene rings is 2. The first-order valence-corrected chi connectivity index (χ1v) is 11.6. The SMILES string of the molecule is CC(C)(C)c1ccc2c(c1)CCNC2.CC(C)(C)c1ccc2c(c1)CCNC2(C)C. The van der Waals surface area contributed by atoms with E-state index in [0.717, 1.165) is 26.1 Å². The van der Waals surface area contributed by atoms with E-state index < -0.39 is 0 Å². The molecule has 0 fully saturated rings. The summed E-state index contributed by atoms with van der Waals surface area (Å²) in [6.07, 6.45) is 2.34. The maximum Gasteiger partial charge on any atom is 0.0380 e. The lowest BCUT2D eigenvalue weighted by Crippen LogP contribution is -2.42. The van der Waals surface area contributed by atoms with Crippen molar-refractivity contribution in [2.75, 3.05) is 13.1 Å². The molecule has 0 saturated heterocycles. The van der Waals surface area contributed by atoms with Crippen molar-refractivity contribution in [2.45, 2.75) is 91.1 Å². The highest BCUT2D eigenvalue weighted by Crippen LogP contribution is 2.32. The van der Waals surface area contributed by atoms with Crippen molar-refractivity contribution in [3.8, 4) is 0 Å². The van der Waals surface area contributed by atoms with Crippen molar-refractivity contribution >= 4 is 0 Å². The highest BCUT2D eigenvalue weighted by atomic mass is 15.0. The van der Waals surface area contributed by atoms with Crippen LogP contribution < -0.4 is 10.6 Å². The second kappa shape index (κ2) is 8.48. The van der Waals surface area contributed by atoms with Crippen LogP contribution >= 0.6 is 0 Å². The van der Waals surface area contributed by atoms with Crippen molar-refractivity contribution in [3.63, 3.8) is 0 Å². The number of hydrogen-bond donors (Lipinski definition) is 2. The van der Waals surface area contributed by atoms with Gasteiger partial charge in [0.05, 0.1) is 0 Å². The molecule has 2 aliphatic heterocycles. The molecule has 2 nitrogen and oxygen atoms in total. The Bertz CT molecular complexity index is 878. The molecular weight excluding hydrogens is 364 g/mol. The Kier molecular flexibility index (Phi) is 6.51. The van der Waals surface area contributed by atoms with Crippen molar-refractivity contribution < 1.29 is 0 Å². The van der Waals surface area contributed by atoms with Crippen molar-refractivity contribution in [1.29, 1.82) is 0 Å². The highest BCUT2D eigenvalue weighted by Gasteiger charge is 2.27. The van der Waals surface area contributed by atoms with Crippen LogP contribution in [0.2, 0.25) is 0 Å². The minimum absolute atomic E-state index is 0.129. The molecule has 0 unspecified atom stereocenters. The summed E-state index contributed by atoms with van der Waals surface area (Å²) in [6.45, 7) is 21.4. The molecule has 2 aliphatic rings. The average Bonchev–Trinajstić information content (AvgIpc) is 2.66. The van der Waals surface area contributed by atoms with E-state index in [1.54, 1.807) is 0 Å². The lowest BCUT2D eigenvalue weighted by molar-refractivity contribution is 0.381. The summed E-state index contributed by atoms with van der Waals surface area (Å²) < 4.78 is 0. The zero-order valence-corrected chi connectivity index (χ0v) is 20.5. The zero-order valence-electron chi connectivity index (χ0n) is 20.5. The number of rotatable bonds is 0. The average molecular weight is 407 g/mol. The van der Waals surface area contributed by atoms with Crippen LogP contribution in [0.1, 0.15) is 88.8 Å². The molecule has 0 bridgehead atoms. The molecule has 0 radical (unpaired) electrons. The number of fused-ring (bicyclic) bond motifs is 2. The quantitative estimate of drug-likeness (QED) is 0.561. The van der Waals surface area contributed by atoms with Crippen LogP contribution in [0.5, 0.6) is 0 Å². The van der Waals surface area contributed by atoms with Gasteiger partial charge >= 0.3 is 0 Å². The fraction of sp³-hybridized carbons (Fsp3) is 0.571. The van der Waals surface area contributed by atoms with Crippen LogP contribution in [0.3, 0.4) is 0 Å². The van der Waals surface area contributed by atoms with E-state index in [4.69, 9.17) is 0 Å². The van der Waals surface area contributed by atoms with Gasteiger partial charge in [0.15, 0.2) is 0 Å². The molecule has 0 atom stereocenters. The van der Waals surface area contributed by atoms with Gasteiger partial charge < -0.3 is 10.6 Å². The van der Waals surface area contributed by atoms with Crippen LogP contribution in [0.15, 0.2) is 36.4 Å². The molecule has 2 heterocycles. The molecule has 0 aliphatic carbocycles. The smallest absolute Gasteiger partial charge is 0.0380 e. The van der Waals surface area contributed by atoms with Crippen molar-refractivity contribution in [2.24, 2.45) is 0 Å². The first-order valence-electron chi connectivity index (χ1n) is 11.6. The van der Waals surface area contributed by atoms with Gasteiger partial charge in [-0.2, -0.15) is 0 Å². The molecular formula is C28H42N2. The summed E-state index contributed by atoms with van der Waals surface area (Å²) in [5, 5.41) is 6.97. The Labute approximate surface area is 184 Å². The van der Waals surface area contributed by atoms with E-state index >= 15 is 0 Å². The topological polar surface area (TPSA) is 24.1 Å². The summed E-state index contributed by atoms with van der Waals surface area (Å²) in [5.41, 5.74) is 9.57. The third-order valence-electron chi connectivity index (χ3n) is 6.56. The standard InChI is InChI=1S/C15H23N.C13H19N/c1-14(2,3)12-6-7-13-11(10-12)8-9-16-15(13,4)5;1-13(2,3)12-5-4-11-9-14-7-6-10(11)8-12/h6-7,10,16H,8-9H2,1-5H3;4-5,8,14H,6-7,9H2,1-3H3. The molecule has 2 heteroatoms. The van der Waals surface area contributed by atoms with Crippen molar-refractivity contribution in [1.82, 2.24) is 10.6 Å². The Morgan fingerprint density at radius 3 is 1.90 bits per heavy atom. The van der Waals surface area contributed by atoms with Gasteiger partial charge in [-0.1, -0.05) is 77.9 Å². The van der Waals surface area contributed by atoms with Crippen LogP contribution in [-0.2, 0) is 35.8 Å². The van der Waals surface area contributed by atoms with E-state index in [-0.39, 0.29) is 16.4 Å². The first-order chi connectivity index (χ1) is 13.9. The maximum atomic E-state index is 3.57. The largest absolute Gasteiger partial charge is 0.312 e. The van der Waals surface area contributed by atoms with E-state index in [1.165, 1.54) is 39.8 Å². The molecule has 0 amide bonds.